The number of fused-ring (bicyclic) bond motifs is 1. The van der Waals surface area contributed by atoms with E-state index in [9.17, 15) is 14.0 Å². The molecule has 116 valence electrons. The van der Waals surface area contributed by atoms with Gasteiger partial charge >= 0.3 is 0 Å². The highest BCUT2D eigenvalue weighted by molar-refractivity contribution is 7.20. The molecule has 1 aromatic carbocycles. The summed E-state index contributed by atoms with van der Waals surface area (Å²) >= 11 is 1.28. The largest absolute Gasteiger partial charge is 0.369 e. The van der Waals surface area contributed by atoms with E-state index in [-0.39, 0.29) is 29.6 Å². The lowest BCUT2D eigenvalue weighted by atomic mass is 9.93. The van der Waals surface area contributed by atoms with Gasteiger partial charge in [0.1, 0.15) is 5.82 Å². The minimum atomic E-state index is -0.368. The molecule has 1 fully saturated rings. The lowest BCUT2D eigenvalue weighted by molar-refractivity contribution is -0.123. The second-order valence-electron chi connectivity index (χ2n) is 5.75. The first-order valence-corrected chi connectivity index (χ1v) is 8.07. The van der Waals surface area contributed by atoms with Crippen LogP contribution in [0.1, 0.15) is 29.4 Å². The Hall–Kier alpha value is -1.95. The molecule has 0 bridgehead atoms. The average molecular weight is 320 g/mol. The van der Waals surface area contributed by atoms with Crippen molar-refractivity contribution in [3.05, 3.63) is 35.0 Å². The molecule has 0 radical (unpaired) electrons. The summed E-state index contributed by atoms with van der Waals surface area (Å²) in [6.45, 7) is 2.30. The van der Waals surface area contributed by atoms with Crippen LogP contribution < -0.4 is 5.73 Å². The van der Waals surface area contributed by atoms with E-state index < -0.39 is 0 Å². The van der Waals surface area contributed by atoms with Crippen molar-refractivity contribution in [1.29, 1.82) is 0 Å². The van der Waals surface area contributed by atoms with E-state index in [1.165, 1.54) is 17.4 Å². The van der Waals surface area contributed by atoms with Crippen molar-refractivity contribution < 1.29 is 14.0 Å². The van der Waals surface area contributed by atoms with Gasteiger partial charge < -0.3 is 10.6 Å². The molecule has 6 heteroatoms. The molecule has 2 N–H and O–H groups in total. The van der Waals surface area contributed by atoms with Gasteiger partial charge in [-0.05, 0) is 38.0 Å². The lowest BCUT2D eigenvalue weighted by Crippen LogP contribution is -2.48. The Labute approximate surface area is 131 Å². The summed E-state index contributed by atoms with van der Waals surface area (Å²) < 4.78 is 14.5. The average Bonchev–Trinajstić information content (AvgIpc) is 2.92. The van der Waals surface area contributed by atoms with Gasteiger partial charge in [-0.15, -0.1) is 11.3 Å². The van der Waals surface area contributed by atoms with Crippen molar-refractivity contribution >= 4 is 33.2 Å². The normalized spacial score (nSPS) is 22.0. The second-order valence-corrected chi connectivity index (χ2v) is 6.83. The molecule has 3 rings (SSSR count). The zero-order chi connectivity index (χ0) is 15.9. The Bertz CT molecular complexity index is 743. The number of likely N-dealkylation sites (tertiary alicyclic amines) is 1. The monoisotopic (exact) mass is 320 g/mol. The predicted molar refractivity (Wildman–Crippen MR) is 84.2 cm³/mol. The number of hydrogen-bond acceptors (Lipinski definition) is 3. The maximum Gasteiger partial charge on any atom is 0.264 e. The van der Waals surface area contributed by atoms with Gasteiger partial charge in [0, 0.05) is 22.7 Å². The first kappa shape index (κ1) is 15.0. The van der Waals surface area contributed by atoms with Crippen LogP contribution in [0.4, 0.5) is 4.39 Å². The molecule has 1 saturated heterocycles. The van der Waals surface area contributed by atoms with Crippen LogP contribution in [0, 0.1) is 11.7 Å². The molecule has 2 atom stereocenters. The molecule has 2 amide bonds. The zero-order valence-corrected chi connectivity index (χ0v) is 13.0. The number of benzene rings is 1. The van der Waals surface area contributed by atoms with Crippen molar-refractivity contribution in [2.75, 3.05) is 6.54 Å². The third-order valence-corrected chi connectivity index (χ3v) is 5.35. The van der Waals surface area contributed by atoms with E-state index in [1.54, 1.807) is 23.1 Å². The highest BCUT2D eigenvalue weighted by Crippen LogP contribution is 2.31. The smallest absolute Gasteiger partial charge is 0.264 e. The summed E-state index contributed by atoms with van der Waals surface area (Å²) in [7, 11) is 0. The van der Waals surface area contributed by atoms with Crippen LogP contribution in [0.15, 0.2) is 24.3 Å². The van der Waals surface area contributed by atoms with Crippen molar-refractivity contribution in [2.45, 2.75) is 25.8 Å². The highest BCUT2D eigenvalue weighted by Gasteiger charge is 2.32. The van der Waals surface area contributed by atoms with Gasteiger partial charge in [-0.2, -0.15) is 0 Å². The van der Waals surface area contributed by atoms with Crippen molar-refractivity contribution in [3.63, 3.8) is 0 Å². The molecule has 1 aliphatic rings. The third-order valence-electron chi connectivity index (χ3n) is 4.26. The maximum atomic E-state index is 13.8. The summed E-state index contributed by atoms with van der Waals surface area (Å²) in [4.78, 5) is 26.3. The van der Waals surface area contributed by atoms with E-state index in [4.69, 9.17) is 5.73 Å². The van der Waals surface area contributed by atoms with Gasteiger partial charge in [0.2, 0.25) is 5.91 Å². The first-order valence-electron chi connectivity index (χ1n) is 7.25. The van der Waals surface area contributed by atoms with E-state index in [1.807, 2.05) is 6.92 Å². The van der Waals surface area contributed by atoms with Crippen LogP contribution in [0.2, 0.25) is 0 Å². The number of carbonyl (C=O) groups excluding carboxylic acids is 2. The Kier molecular flexibility index (Phi) is 3.87. The number of rotatable bonds is 2. The summed E-state index contributed by atoms with van der Waals surface area (Å²) in [6, 6.07) is 6.47. The second kappa shape index (κ2) is 5.68. The Morgan fingerprint density at radius 3 is 2.82 bits per heavy atom. The SMILES string of the molecule is C[C@@H]1CC[C@@H](C(N)=O)CN1C(=O)c1cc2c(F)cccc2s1. The molecule has 0 aliphatic carbocycles. The number of piperidine rings is 1. The van der Waals surface area contributed by atoms with Crippen molar-refractivity contribution in [3.8, 4) is 0 Å². The number of amides is 2. The van der Waals surface area contributed by atoms with E-state index in [2.05, 4.69) is 0 Å². The summed E-state index contributed by atoms with van der Waals surface area (Å²) in [5, 5.41) is 0.465. The molecule has 1 aromatic heterocycles. The van der Waals surface area contributed by atoms with Gasteiger partial charge in [-0.1, -0.05) is 6.07 Å². The Balaban J connectivity index is 1.90. The lowest BCUT2D eigenvalue weighted by Gasteiger charge is -2.36. The first-order chi connectivity index (χ1) is 10.5. The molecule has 4 nitrogen and oxygen atoms in total. The minimum absolute atomic E-state index is 0.0539. The van der Waals surface area contributed by atoms with Gasteiger partial charge in [0.05, 0.1) is 10.8 Å². The standard InChI is InChI=1S/C16H17FN2O2S/c1-9-5-6-10(15(18)20)8-19(9)16(21)14-7-11-12(17)3-2-4-13(11)22-14/h2-4,7,9-10H,5-6,8H2,1H3,(H2,18,20)/t9-,10-/m1/s1. The van der Waals surface area contributed by atoms with Crippen molar-refractivity contribution in [2.24, 2.45) is 11.7 Å². The van der Waals surface area contributed by atoms with Crippen LogP contribution in [-0.4, -0.2) is 29.3 Å². The van der Waals surface area contributed by atoms with Crippen LogP contribution >= 0.6 is 11.3 Å². The fraction of sp³-hybridized carbons (Fsp3) is 0.375. The summed E-state index contributed by atoms with van der Waals surface area (Å²) in [5.74, 6) is -1.15. The number of nitrogens with zero attached hydrogens (tertiary/aromatic N) is 1. The molecule has 1 aliphatic heterocycles. The molecule has 2 aromatic rings. The van der Waals surface area contributed by atoms with Gasteiger partial charge in [0.25, 0.3) is 5.91 Å². The summed E-state index contributed by atoms with van der Waals surface area (Å²) in [5.41, 5.74) is 5.37. The predicted octanol–water partition coefficient (Wildman–Crippen LogP) is 2.77. The van der Waals surface area contributed by atoms with Gasteiger partial charge in [-0.25, -0.2) is 4.39 Å². The van der Waals surface area contributed by atoms with Crippen LogP contribution in [0.3, 0.4) is 0 Å². The number of nitrogens with two attached hydrogens (primary N) is 1. The van der Waals surface area contributed by atoms with E-state index in [0.717, 1.165) is 11.1 Å². The Morgan fingerprint density at radius 1 is 1.36 bits per heavy atom. The number of hydrogen-bond donors (Lipinski definition) is 1. The quantitative estimate of drug-likeness (QED) is 0.925. The maximum absolute atomic E-state index is 13.8. The topological polar surface area (TPSA) is 63.4 Å². The Morgan fingerprint density at radius 2 is 2.14 bits per heavy atom. The van der Waals surface area contributed by atoms with E-state index >= 15 is 0 Å². The molecular weight excluding hydrogens is 303 g/mol. The number of halogens is 1. The fourth-order valence-electron chi connectivity index (χ4n) is 2.89. The van der Waals surface area contributed by atoms with Crippen LogP contribution in [0.5, 0.6) is 0 Å². The van der Waals surface area contributed by atoms with Crippen LogP contribution in [0.25, 0.3) is 10.1 Å². The van der Waals surface area contributed by atoms with Crippen LogP contribution in [-0.2, 0) is 4.79 Å². The molecule has 2 heterocycles. The summed E-state index contributed by atoms with van der Waals surface area (Å²) in [6.07, 6.45) is 1.46. The van der Waals surface area contributed by atoms with Gasteiger partial charge in [0.15, 0.2) is 0 Å². The number of thiophene rings is 1. The molecule has 0 unspecified atom stereocenters. The molecule has 0 saturated carbocycles. The third kappa shape index (κ3) is 2.59. The van der Waals surface area contributed by atoms with E-state index in [0.29, 0.717) is 23.2 Å². The van der Waals surface area contributed by atoms with Gasteiger partial charge in [-0.3, -0.25) is 9.59 Å². The number of primary amides is 1. The molecule has 0 spiro atoms. The fourth-order valence-corrected chi connectivity index (χ4v) is 3.93. The van der Waals surface area contributed by atoms with Crippen molar-refractivity contribution in [1.82, 2.24) is 4.90 Å². The number of carbonyl (C=O) groups is 2. The molecule has 22 heavy (non-hydrogen) atoms. The zero-order valence-electron chi connectivity index (χ0n) is 12.2. The highest BCUT2D eigenvalue weighted by atomic mass is 32.1. The minimum Gasteiger partial charge on any atom is -0.369 e. The molecular formula is C16H17FN2O2S.